The number of fused-ring (bicyclic) bond motifs is 1. The Morgan fingerprint density at radius 1 is 1.10 bits per heavy atom. The van der Waals surface area contributed by atoms with Gasteiger partial charge in [0.15, 0.2) is 0 Å². The molecule has 0 fully saturated rings. The summed E-state index contributed by atoms with van der Waals surface area (Å²) < 4.78 is 5.79. The molecule has 0 radical (unpaired) electrons. The van der Waals surface area contributed by atoms with Crippen molar-refractivity contribution < 1.29 is 4.74 Å². The van der Waals surface area contributed by atoms with E-state index in [1.54, 1.807) is 6.07 Å². The zero-order chi connectivity index (χ0) is 14.8. The lowest BCUT2D eigenvalue weighted by Gasteiger charge is -2.09. The molecule has 5 nitrogen and oxygen atoms in total. The lowest BCUT2D eigenvalue weighted by atomic mass is 10.1. The molecule has 0 aliphatic rings. The number of amidine groups is 1. The Kier molecular flexibility index (Phi) is 3.23. The maximum absolute atomic E-state index is 7.47. The van der Waals surface area contributed by atoms with Crippen LogP contribution < -0.4 is 10.5 Å². The third-order valence-corrected chi connectivity index (χ3v) is 3.06. The van der Waals surface area contributed by atoms with Gasteiger partial charge in [-0.1, -0.05) is 36.4 Å². The van der Waals surface area contributed by atoms with Gasteiger partial charge >= 0.3 is 6.01 Å². The van der Waals surface area contributed by atoms with Crippen LogP contribution in [-0.2, 0) is 0 Å². The average molecular weight is 278 g/mol. The summed E-state index contributed by atoms with van der Waals surface area (Å²) in [6.07, 6.45) is 0. The Morgan fingerprint density at radius 3 is 2.67 bits per heavy atom. The second-order valence-corrected chi connectivity index (χ2v) is 4.67. The van der Waals surface area contributed by atoms with Gasteiger partial charge in [-0.15, -0.1) is 0 Å². The van der Waals surface area contributed by atoms with Crippen molar-refractivity contribution in [3.8, 4) is 11.8 Å². The molecule has 1 aromatic heterocycles. The quantitative estimate of drug-likeness (QED) is 0.569. The van der Waals surface area contributed by atoms with Crippen LogP contribution >= 0.6 is 0 Å². The van der Waals surface area contributed by atoms with Gasteiger partial charge in [0.1, 0.15) is 17.3 Å². The topological polar surface area (TPSA) is 84.9 Å². The van der Waals surface area contributed by atoms with Crippen LogP contribution in [-0.4, -0.2) is 15.8 Å². The Bertz CT molecular complexity index is 824. The smallest absolute Gasteiger partial charge is 0.322 e. The molecule has 0 unspecified atom stereocenters. The third-order valence-electron chi connectivity index (χ3n) is 3.06. The molecule has 3 rings (SSSR count). The summed E-state index contributed by atoms with van der Waals surface area (Å²) >= 11 is 0. The van der Waals surface area contributed by atoms with Crippen LogP contribution in [0.4, 0.5) is 0 Å². The van der Waals surface area contributed by atoms with Gasteiger partial charge in [0.05, 0.1) is 0 Å². The molecule has 0 amide bonds. The highest BCUT2D eigenvalue weighted by molar-refractivity contribution is 5.93. The first-order valence-corrected chi connectivity index (χ1v) is 6.49. The fourth-order valence-electron chi connectivity index (χ4n) is 2.11. The number of aryl methyl sites for hydroxylation is 1. The fourth-order valence-corrected chi connectivity index (χ4v) is 2.11. The predicted molar refractivity (Wildman–Crippen MR) is 81.8 cm³/mol. The van der Waals surface area contributed by atoms with E-state index in [2.05, 4.69) is 9.97 Å². The van der Waals surface area contributed by atoms with E-state index >= 15 is 0 Å². The van der Waals surface area contributed by atoms with E-state index in [4.69, 9.17) is 15.9 Å². The molecule has 5 heteroatoms. The number of benzene rings is 2. The van der Waals surface area contributed by atoms with Crippen molar-refractivity contribution in [3.05, 3.63) is 59.9 Å². The van der Waals surface area contributed by atoms with Gasteiger partial charge in [0.25, 0.3) is 0 Å². The zero-order valence-electron chi connectivity index (χ0n) is 11.5. The molecule has 0 bridgehead atoms. The summed E-state index contributed by atoms with van der Waals surface area (Å²) in [5.74, 6) is 0.566. The summed E-state index contributed by atoms with van der Waals surface area (Å²) in [4.78, 5) is 8.39. The highest BCUT2D eigenvalue weighted by Crippen LogP contribution is 2.28. The summed E-state index contributed by atoms with van der Waals surface area (Å²) in [7, 11) is 0. The molecule has 0 aliphatic carbocycles. The Labute approximate surface area is 121 Å². The van der Waals surface area contributed by atoms with Crippen molar-refractivity contribution in [3.63, 3.8) is 0 Å². The minimum atomic E-state index is -0.108. The van der Waals surface area contributed by atoms with Crippen molar-refractivity contribution >= 4 is 16.6 Å². The lowest BCUT2D eigenvalue weighted by molar-refractivity contribution is 0.444. The van der Waals surface area contributed by atoms with E-state index in [1.807, 2.05) is 49.4 Å². The molecular weight excluding hydrogens is 264 g/mol. The summed E-state index contributed by atoms with van der Waals surface area (Å²) in [5.41, 5.74) is 6.53. The Balaban J connectivity index is 2.05. The monoisotopic (exact) mass is 278 g/mol. The minimum Gasteiger partial charge on any atom is -0.424 e. The number of nitrogens with two attached hydrogens (primary N) is 1. The van der Waals surface area contributed by atoms with Crippen LogP contribution in [0.5, 0.6) is 11.8 Å². The van der Waals surface area contributed by atoms with Crippen LogP contribution in [0.25, 0.3) is 10.8 Å². The van der Waals surface area contributed by atoms with Gasteiger partial charge in [-0.3, -0.25) is 5.41 Å². The number of nitrogens with one attached hydrogen (secondary N) is 1. The van der Waals surface area contributed by atoms with Crippen molar-refractivity contribution in [2.75, 3.05) is 0 Å². The molecule has 21 heavy (non-hydrogen) atoms. The summed E-state index contributed by atoms with van der Waals surface area (Å²) in [5, 5.41) is 9.53. The number of hydrogen-bond acceptors (Lipinski definition) is 4. The van der Waals surface area contributed by atoms with Crippen LogP contribution in [0, 0.1) is 12.3 Å². The molecule has 2 aromatic carbocycles. The molecule has 104 valence electrons. The van der Waals surface area contributed by atoms with E-state index in [-0.39, 0.29) is 11.8 Å². The lowest BCUT2D eigenvalue weighted by Crippen LogP contribution is -2.14. The number of rotatable bonds is 3. The van der Waals surface area contributed by atoms with E-state index < -0.39 is 0 Å². The second kappa shape index (κ2) is 5.20. The number of nitrogens with zero attached hydrogens (tertiary/aromatic N) is 2. The standard InChI is InChI=1S/C16H14N4O/c1-10-9-13(15(17)18)20-16(19-10)21-14-8-4-6-11-5-2-3-7-12(11)14/h2-9H,1H3,(H3,17,18). The fraction of sp³-hybridized carbons (Fsp3) is 0.0625. The largest absolute Gasteiger partial charge is 0.424 e. The number of aromatic nitrogens is 2. The van der Waals surface area contributed by atoms with Gasteiger partial charge < -0.3 is 10.5 Å². The van der Waals surface area contributed by atoms with E-state index in [1.165, 1.54) is 0 Å². The molecule has 0 atom stereocenters. The van der Waals surface area contributed by atoms with Gasteiger partial charge in [-0.2, -0.15) is 4.98 Å². The van der Waals surface area contributed by atoms with Crippen molar-refractivity contribution in [2.24, 2.45) is 5.73 Å². The SMILES string of the molecule is Cc1cc(C(=N)N)nc(Oc2cccc3ccccc23)n1. The Hall–Kier alpha value is -2.95. The van der Waals surface area contributed by atoms with Gasteiger partial charge in [-0.25, -0.2) is 4.98 Å². The van der Waals surface area contributed by atoms with E-state index in [0.717, 1.165) is 10.8 Å². The minimum absolute atomic E-state index is 0.108. The predicted octanol–water partition coefficient (Wildman–Crippen LogP) is 3.01. The molecule has 0 aliphatic heterocycles. The maximum atomic E-state index is 7.47. The Morgan fingerprint density at radius 2 is 1.86 bits per heavy atom. The highest BCUT2D eigenvalue weighted by atomic mass is 16.5. The van der Waals surface area contributed by atoms with Gasteiger partial charge in [0.2, 0.25) is 0 Å². The molecular formula is C16H14N4O. The average Bonchev–Trinajstić information content (AvgIpc) is 2.47. The molecule has 0 saturated heterocycles. The number of hydrogen-bond donors (Lipinski definition) is 2. The molecule has 1 heterocycles. The molecule has 3 aromatic rings. The van der Waals surface area contributed by atoms with Crippen LogP contribution in [0.1, 0.15) is 11.4 Å². The normalized spacial score (nSPS) is 10.5. The van der Waals surface area contributed by atoms with Crippen molar-refractivity contribution in [2.45, 2.75) is 6.92 Å². The van der Waals surface area contributed by atoms with Gasteiger partial charge in [0, 0.05) is 11.1 Å². The van der Waals surface area contributed by atoms with E-state index in [9.17, 15) is 0 Å². The summed E-state index contributed by atoms with van der Waals surface area (Å²) in [6, 6.07) is 15.6. The zero-order valence-corrected chi connectivity index (χ0v) is 11.5. The van der Waals surface area contributed by atoms with Crippen molar-refractivity contribution in [1.29, 1.82) is 5.41 Å². The van der Waals surface area contributed by atoms with E-state index in [0.29, 0.717) is 17.1 Å². The van der Waals surface area contributed by atoms with Crippen LogP contribution in [0.3, 0.4) is 0 Å². The van der Waals surface area contributed by atoms with Crippen molar-refractivity contribution in [1.82, 2.24) is 9.97 Å². The van der Waals surface area contributed by atoms with Crippen LogP contribution in [0.2, 0.25) is 0 Å². The van der Waals surface area contributed by atoms with Gasteiger partial charge in [-0.05, 0) is 24.4 Å². The number of nitrogen functional groups attached to an aromatic ring is 1. The number of ether oxygens (including phenoxy) is 1. The maximum Gasteiger partial charge on any atom is 0.322 e. The first-order valence-electron chi connectivity index (χ1n) is 6.49. The molecule has 0 saturated carbocycles. The van der Waals surface area contributed by atoms with Crippen LogP contribution in [0.15, 0.2) is 48.5 Å². The summed E-state index contributed by atoms with van der Waals surface area (Å²) in [6.45, 7) is 1.81. The first-order chi connectivity index (χ1) is 10.1. The molecule has 0 spiro atoms. The molecule has 3 N–H and O–H groups in total. The first kappa shape index (κ1) is 13.1. The second-order valence-electron chi connectivity index (χ2n) is 4.67. The third kappa shape index (κ3) is 2.67. The highest BCUT2D eigenvalue weighted by Gasteiger charge is 2.08.